The zero-order chi connectivity index (χ0) is 34.3. The average Bonchev–Trinajstić information content (AvgIpc) is 3.79. The van der Waals surface area contributed by atoms with Gasteiger partial charge in [0.25, 0.3) is 0 Å². The molecule has 0 atom stereocenters. The molecule has 0 saturated carbocycles. The predicted molar refractivity (Wildman–Crippen MR) is 228 cm³/mol. The number of fused-ring (bicyclic) bond motifs is 12. The van der Waals surface area contributed by atoms with Crippen LogP contribution in [0.3, 0.4) is 0 Å². The van der Waals surface area contributed by atoms with Crippen LogP contribution >= 0.6 is 0 Å². The highest BCUT2D eigenvalue weighted by Crippen LogP contribution is 2.56. The predicted octanol–water partition coefficient (Wildman–Crippen LogP) is 15.4. The minimum Gasteiger partial charge on any atom is -0.0616 e. The van der Waals surface area contributed by atoms with E-state index in [9.17, 15) is 0 Å². The lowest BCUT2D eigenvalue weighted by Crippen LogP contribution is -1.98. The lowest BCUT2D eigenvalue weighted by Gasteiger charge is -2.20. The zero-order valence-electron chi connectivity index (χ0n) is 29.7. The summed E-state index contributed by atoms with van der Waals surface area (Å²) >= 11 is 0. The van der Waals surface area contributed by atoms with E-state index in [2.05, 4.69) is 149 Å². The Morgan fingerprint density at radius 1 is 0.269 bits per heavy atom. The van der Waals surface area contributed by atoms with Crippen LogP contribution in [-0.2, 0) is 0 Å². The summed E-state index contributed by atoms with van der Waals surface area (Å²) in [6.07, 6.45) is 0. The van der Waals surface area contributed by atoms with Gasteiger partial charge in [-0.3, -0.25) is 0 Å². The maximum absolute atomic E-state index is 2.57. The summed E-state index contributed by atoms with van der Waals surface area (Å²) in [5, 5.41) is 28.0. The Morgan fingerprint density at radius 3 is 1.15 bits per heavy atom. The van der Waals surface area contributed by atoms with Crippen LogP contribution in [0.4, 0.5) is 0 Å². The van der Waals surface area contributed by atoms with Gasteiger partial charge in [-0.15, -0.1) is 0 Å². The largest absolute Gasteiger partial charge is 0.0616 e. The van der Waals surface area contributed by atoms with Gasteiger partial charge in [-0.25, -0.2) is 0 Å². The van der Waals surface area contributed by atoms with Crippen molar-refractivity contribution in [3.63, 3.8) is 0 Å². The molecule has 12 aromatic rings. The van der Waals surface area contributed by atoms with Gasteiger partial charge in [-0.05, 0) is 165 Å². The quantitative estimate of drug-likeness (QED) is 0.128. The third kappa shape index (κ3) is 2.99. The average molecular weight is 659 g/mol. The highest BCUT2D eigenvalue weighted by molar-refractivity contribution is 6.45. The molecule has 0 radical (unpaired) electrons. The van der Waals surface area contributed by atoms with Gasteiger partial charge in [0.05, 0.1) is 0 Å². The second-order valence-electron chi connectivity index (χ2n) is 16.2. The molecule has 0 aromatic heterocycles. The van der Waals surface area contributed by atoms with Gasteiger partial charge in [0.15, 0.2) is 0 Å². The Kier molecular flexibility index (Phi) is 4.84. The molecule has 0 spiro atoms. The molecule has 0 heterocycles. The van der Waals surface area contributed by atoms with Crippen molar-refractivity contribution in [3.05, 3.63) is 132 Å². The number of benzene rings is 10. The van der Waals surface area contributed by atoms with Crippen molar-refractivity contribution in [2.45, 2.75) is 39.5 Å². The van der Waals surface area contributed by atoms with Crippen LogP contribution < -0.4 is 0 Å². The molecule has 0 bridgehead atoms. The lowest BCUT2D eigenvalue weighted by molar-refractivity contribution is 0.875. The van der Waals surface area contributed by atoms with Crippen LogP contribution in [-0.4, -0.2) is 0 Å². The van der Waals surface area contributed by atoms with Crippen LogP contribution in [0.15, 0.2) is 121 Å². The van der Waals surface area contributed by atoms with E-state index in [-0.39, 0.29) is 0 Å². The van der Waals surface area contributed by atoms with E-state index in [1.54, 1.807) is 0 Å². The molecule has 242 valence electrons. The van der Waals surface area contributed by atoms with E-state index in [0.717, 1.165) is 0 Å². The van der Waals surface area contributed by atoms with Gasteiger partial charge in [0.1, 0.15) is 0 Å². The van der Waals surface area contributed by atoms with E-state index in [4.69, 9.17) is 0 Å². The van der Waals surface area contributed by atoms with E-state index in [1.807, 2.05) is 0 Å². The van der Waals surface area contributed by atoms with Crippen molar-refractivity contribution >= 4 is 108 Å². The molecule has 1 aliphatic rings. The van der Waals surface area contributed by atoms with E-state index >= 15 is 0 Å². The summed E-state index contributed by atoms with van der Waals surface area (Å²) in [7, 11) is 0. The Balaban J connectivity index is 1.25. The van der Waals surface area contributed by atoms with Crippen molar-refractivity contribution in [1.29, 1.82) is 0 Å². The first kappa shape index (κ1) is 27.7. The Bertz CT molecular complexity index is 3330. The summed E-state index contributed by atoms with van der Waals surface area (Å²) in [5.41, 5.74) is 8.44. The molecule has 1 aliphatic carbocycles. The third-order valence-electron chi connectivity index (χ3n) is 13.1. The summed E-state index contributed by atoms with van der Waals surface area (Å²) in [6, 6.07) is 47.2. The van der Waals surface area contributed by atoms with Crippen molar-refractivity contribution < 1.29 is 0 Å². The second kappa shape index (κ2) is 9.08. The second-order valence-corrected chi connectivity index (χ2v) is 16.2. The molecule has 52 heavy (non-hydrogen) atoms. The molecular formula is C52H34. The Hall–Kier alpha value is -5.98. The minimum absolute atomic E-state index is 0.362. The van der Waals surface area contributed by atoms with Crippen molar-refractivity contribution in [2.24, 2.45) is 0 Å². The molecule has 0 aliphatic heterocycles. The van der Waals surface area contributed by atoms with Crippen molar-refractivity contribution in [3.8, 4) is 22.3 Å². The normalized spacial score (nSPS) is 13.3. The fourth-order valence-corrected chi connectivity index (χ4v) is 11.3. The van der Waals surface area contributed by atoms with Gasteiger partial charge in [-0.1, -0.05) is 137 Å². The van der Waals surface area contributed by atoms with E-state index in [1.165, 1.54) is 141 Å². The van der Waals surface area contributed by atoms with Gasteiger partial charge in [0.2, 0.25) is 0 Å². The SMILES string of the molecule is CC(C)c1c2cc3c(cc2c(C(C)C)c2c4ccc5c6ccc7c8c(ccc(c9ccc(c12)c4c95)c86)-c1ccccc1-7)c1cccc2cccc3c21. The molecule has 0 amide bonds. The van der Waals surface area contributed by atoms with Gasteiger partial charge in [0, 0.05) is 0 Å². The first-order valence-electron chi connectivity index (χ1n) is 19.0. The highest BCUT2D eigenvalue weighted by atomic mass is 14.3. The molecule has 0 heteroatoms. The van der Waals surface area contributed by atoms with E-state index in [0.29, 0.717) is 11.8 Å². The summed E-state index contributed by atoms with van der Waals surface area (Å²) in [6.45, 7) is 9.62. The van der Waals surface area contributed by atoms with Gasteiger partial charge >= 0.3 is 0 Å². The topological polar surface area (TPSA) is 0 Å². The van der Waals surface area contributed by atoms with Gasteiger partial charge < -0.3 is 0 Å². The van der Waals surface area contributed by atoms with Crippen molar-refractivity contribution in [1.82, 2.24) is 0 Å². The fraction of sp³-hybridized carbons (Fsp3) is 0.115. The molecule has 0 nitrogen and oxygen atoms in total. The lowest BCUT2D eigenvalue weighted by atomic mass is 9.83. The number of rotatable bonds is 2. The maximum Gasteiger partial charge on any atom is -0.00137 e. The van der Waals surface area contributed by atoms with Crippen LogP contribution in [0, 0.1) is 0 Å². The number of hydrogen-bond donors (Lipinski definition) is 0. The zero-order valence-corrected chi connectivity index (χ0v) is 29.7. The summed E-state index contributed by atoms with van der Waals surface area (Å²) in [5.74, 6) is 0.724. The highest BCUT2D eigenvalue weighted by Gasteiger charge is 2.29. The molecule has 0 N–H and O–H groups in total. The molecule has 13 rings (SSSR count). The van der Waals surface area contributed by atoms with Crippen LogP contribution in [0.2, 0.25) is 0 Å². The molecule has 0 fully saturated rings. The summed E-state index contributed by atoms with van der Waals surface area (Å²) < 4.78 is 0. The maximum atomic E-state index is 2.57. The van der Waals surface area contributed by atoms with Crippen LogP contribution in [0.5, 0.6) is 0 Å². The van der Waals surface area contributed by atoms with Crippen LogP contribution in [0.25, 0.3) is 130 Å². The minimum atomic E-state index is 0.362. The monoisotopic (exact) mass is 658 g/mol. The van der Waals surface area contributed by atoms with Crippen molar-refractivity contribution in [2.75, 3.05) is 0 Å². The Morgan fingerprint density at radius 2 is 0.673 bits per heavy atom. The molecule has 12 aromatic carbocycles. The fourth-order valence-electron chi connectivity index (χ4n) is 11.3. The Labute approximate surface area is 300 Å². The smallest absolute Gasteiger partial charge is 0.00137 e. The standard InChI is InChI=1S/C52H34/c1-25(2)44-42-23-40-30-13-7-9-27-10-8-14-31(46(27)30)41(40)24-43(42)45(26(3)4)52-39-22-20-37-35-18-16-33-29-12-6-5-11-28(29)32-15-17-34(48(35)47(32)33)36-19-21-38(51(44)52)50(39)49(36)37/h5-26H,1-4H3. The first-order valence-corrected chi connectivity index (χ1v) is 19.0. The van der Waals surface area contributed by atoms with Crippen LogP contribution in [0.1, 0.15) is 50.7 Å². The summed E-state index contributed by atoms with van der Waals surface area (Å²) in [4.78, 5) is 0. The first-order chi connectivity index (χ1) is 25.5. The molecular weight excluding hydrogens is 625 g/mol. The third-order valence-corrected chi connectivity index (χ3v) is 13.1. The van der Waals surface area contributed by atoms with E-state index < -0.39 is 0 Å². The molecule has 0 unspecified atom stereocenters. The number of hydrogen-bond acceptors (Lipinski definition) is 0. The van der Waals surface area contributed by atoms with Gasteiger partial charge in [-0.2, -0.15) is 0 Å². The molecule has 0 saturated heterocycles.